The van der Waals surface area contributed by atoms with Gasteiger partial charge in [0.25, 0.3) is 0 Å². The first kappa shape index (κ1) is 23.0. The predicted molar refractivity (Wildman–Crippen MR) is 137 cm³/mol. The highest BCUT2D eigenvalue weighted by Gasteiger charge is 2.23. The standard InChI is InChI=1S/C26H36N4OS/c1-6-12-29(16-15-28-13-7-8-14-28)25-22-11-9-10-21(30(22)27-26(25)32-5)24-20(3)17-19(2)18-23(24)31-4/h9-11,17-18H,6-8,12-16H2,1-5H3. The number of ether oxygens (including phenoxy) is 1. The number of nitrogens with zero attached hydrogens (tertiary/aromatic N) is 4. The molecule has 0 bridgehead atoms. The van der Waals surface area contributed by atoms with Crippen molar-refractivity contribution < 1.29 is 4.74 Å². The molecule has 1 saturated heterocycles. The normalized spacial score (nSPS) is 14.4. The number of benzene rings is 1. The summed E-state index contributed by atoms with van der Waals surface area (Å²) in [6.07, 6.45) is 5.92. The van der Waals surface area contributed by atoms with Gasteiger partial charge in [0.15, 0.2) is 0 Å². The average molecular weight is 453 g/mol. The van der Waals surface area contributed by atoms with Crippen LogP contribution < -0.4 is 9.64 Å². The van der Waals surface area contributed by atoms with Crippen LogP contribution in [-0.4, -0.2) is 60.6 Å². The van der Waals surface area contributed by atoms with Crippen LogP contribution in [0, 0.1) is 13.8 Å². The number of pyridine rings is 1. The maximum atomic E-state index is 5.79. The van der Waals surface area contributed by atoms with E-state index < -0.39 is 0 Å². The Morgan fingerprint density at radius 2 is 1.91 bits per heavy atom. The lowest BCUT2D eigenvalue weighted by Gasteiger charge is -2.27. The van der Waals surface area contributed by atoms with Crippen molar-refractivity contribution in [2.45, 2.75) is 45.1 Å². The second kappa shape index (κ2) is 10.2. The number of aryl methyl sites for hydroxylation is 2. The van der Waals surface area contributed by atoms with E-state index in [4.69, 9.17) is 9.84 Å². The third-order valence-corrected chi connectivity index (χ3v) is 7.07. The number of hydrogen-bond acceptors (Lipinski definition) is 5. The van der Waals surface area contributed by atoms with Crippen LogP contribution in [0.4, 0.5) is 5.69 Å². The molecule has 0 N–H and O–H groups in total. The van der Waals surface area contributed by atoms with E-state index in [0.717, 1.165) is 48.1 Å². The molecule has 0 amide bonds. The summed E-state index contributed by atoms with van der Waals surface area (Å²) < 4.78 is 7.92. The van der Waals surface area contributed by atoms with Crippen LogP contribution in [0.5, 0.6) is 5.75 Å². The third kappa shape index (κ3) is 4.48. The molecule has 0 spiro atoms. The first-order chi connectivity index (χ1) is 15.6. The highest BCUT2D eigenvalue weighted by molar-refractivity contribution is 7.98. The van der Waals surface area contributed by atoms with Gasteiger partial charge < -0.3 is 14.5 Å². The summed E-state index contributed by atoms with van der Waals surface area (Å²) in [6.45, 7) is 12.2. The van der Waals surface area contributed by atoms with Crippen molar-refractivity contribution in [3.05, 3.63) is 41.5 Å². The number of anilines is 1. The second-order valence-electron chi connectivity index (χ2n) is 8.76. The summed E-state index contributed by atoms with van der Waals surface area (Å²) in [5.41, 5.74) is 7.04. The van der Waals surface area contributed by atoms with Crippen LogP contribution in [0.25, 0.3) is 16.8 Å². The van der Waals surface area contributed by atoms with Gasteiger partial charge in [0.05, 0.1) is 24.0 Å². The van der Waals surface area contributed by atoms with Gasteiger partial charge in [-0.2, -0.15) is 5.10 Å². The van der Waals surface area contributed by atoms with Crippen LogP contribution >= 0.6 is 11.8 Å². The van der Waals surface area contributed by atoms with E-state index in [1.165, 1.54) is 48.3 Å². The molecule has 0 radical (unpaired) electrons. The largest absolute Gasteiger partial charge is 0.496 e. The zero-order valence-corrected chi connectivity index (χ0v) is 21.0. The van der Waals surface area contributed by atoms with Gasteiger partial charge in [-0.3, -0.25) is 0 Å². The lowest BCUT2D eigenvalue weighted by Crippen LogP contribution is -2.34. The molecule has 6 heteroatoms. The van der Waals surface area contributed by atoms with Gasteiger partial charge >= 0.3 is 0 Å². The molecule has 2 aromatic heterocycles. The molecule has 1 fully saturated rings. The van der Waals surface area contributed by atoms with Gasteiger partial charge in [-0.15, -0.1) is 11.8 Å². The fraction of sp³-hybridized carbons (Fsp3) is 0.500. The topological polar surface area (TPSA) is 33.0 Å². The van der Waals surface area contributed by atoms with Crippen molar-refractivity contribution in [2.75, 3.05) is 51.0 Å². The minimum absolute atomic E-state index is 0.900. The fourth-order valence-electron chi connectivity index (χ4n) is 4.95. The van der Waals surface area contributed by atoms with E-state index in [2.05, 4.69) is 71.7 Å². The number of hydrogen-bond donors (Lipinski definition) is 0. The van der Waals surface area contributed by atoms with Gasteiger partial charge in [-0.25, -0.2) is 4.52 Å². The number of thioether (sulfide) groups is 1. The molecule has 172 valence electrons. The third-order valence-electron chi connectivity index (χ3n) is 6.41. The number of methoxy groups -OCH3 is 1. The van der Waals surface area contributed by atoms with Gasteiger partial charge in [0, 0.05) is 25.2 Å². The first-order valence-corrected chi connectivity index (χ1v) is 13.0. The summed E-state index contributed by atoms with van der Waals surface area (Å²) >= 11 is 1.74. The molecule has 4 rings (SSSR count). The minimum Gasteiger partial charge on any atom is -0.496 e. The Hall–Kier alpha value is -2.18. The van der Waals surface area contributed by atoms with Crippen molar-refractivity contribution >= 4 is 23.0 Å². The Bertz CT molecular complexity index is 1070. The number of fused-ring (bicyclic) bond motifs is 1. The fourth-order valence-corrected chi connectivity index (χ4v) is 5.54. The van der Waals surface area contributed by atoms with Crippen molar-refractivity contribution in [3.8, 4) is 17.0 Å². The van der Waals surface area contributed by atoms with E-state index in [1.54, 1.807) is 18.9 Å². The lowest BCUT2D eigenvalue weighted by molar-refractivity contribution is 0.344. The maximum absolute atomic E-state index is 5.79. The molecular weight excluding hydrogens is 416 g/mol. The van der Waals surface area contributed by atoms with Gasteiger partial charge in [-0.05, 0) is 81.8 Å². The molecule has 32 heavy (non-hydrogen) atoms. The van der Waals surface area contributed by atoms with E-state index in [9.17, 15) is 0 Å². The smallest absolute Gasteiger partial charge is 0.142 e. The van der Waals surface area contributed by atoms with Crippen molar-refractivity contribution in [1.82, 2.24) is 14.5 Å². The van der Waals surface area contributed by atoms with Crippen molar-refractivity contribution in [3.63, 3.8) is 0 Å². The van der Waals surface area contributed by atoms with Crippen LogP contribution in [0.15, 0.2) is 35.4 Å². The van der Waals surface area contributed by atoms with Crippen LogP contribution in [0.2, 0.25) is 0 Å². The molecule has 0 unspecified atom stereocenters. The highest BCUT2D eigenvalue weighted by Crippen LogP contribution is 2.39. The van der Waals surface area contributed by atoms with Crippen molar-refractivity contribution in [1.29, 1.82) is 0 Å². The summed E-state index contributed by atoms with van der Waals surface area (Å²) in [6, 6.07) is 10.8. The maximum Gasteiger partial charge on any atom is 0.142 e. The molecule has 3 aromatic rings. The summed E-state index contributed by atoms with van der Waals surface area (Å²) in [7, 11) is 1.75. The first-order valence-electron chi connectivity index (χ1n) is 11.8. The summed E-state index contributed by atoms with van der Waals surface area (Å²) in [5.74, 6) is 0.900. The van der Waals surface area contributed by atoms with E-state index in [0.29, 0.717) is 0 Å². The molecule has 3 heterocycles. The van der Waals surface area contributed by atoms with Crippen LogP contribution in [0.1, 0.15) is 37.3 Å². The SMILES string of the molecule is CCCN(CCN1CCCC1)c1c(SC)nn2c(-c3c(C)cc(C)cc3OC)cccc12. The predicted octanol–water partition coefficient (Wildman–Crippen LogP) is 5.66. The van der Waals surface area contributed by atoms with E-state index in [-0.39, 0.29) is 0 Å². The second-order valence-corrected chi connectivity index (χ2v) is 9.56. The summed E-state index contributed by atoms with van der Waals surface area (Å²) in [5, 5.41) is 6.19. The molecule has 5 nitrogen and oxygen atoms in total. The molecule has 0 atom stereocenters. The van der Waals surface area contributed by atoms with E-state index >= 15 is 0 Å². The Kier molecular flexibility index (Phi) is 7.31. The van der Waals surface area contributed by atoms with Crippen LogP contribution in [-0.2, 0) is 0 Å². The molecule has 1 aliphatic rings. The quantitative estimate of drug-likeness (QED) is 0.391. The highest BCUT2D eigenvalue weighted by atomic mass is 32.2. The van der Waals surface area contributed by atoms with Crippen LogP contribution in [0.3, 0.4) is 0 Å². The average Bonchev–Trinajstić information content (AvgIpc) is 3.43. The Labute approximate surface area is 196 Å². The van der Waals surface area contributed by atoms with Gasteiger partial charge in [0.2, 0.25) is 0 Å². The zero-order chi connectivity index (χ0) is 22.7. The number of rotatable bonds is 9. The van der Waals surface area contributed by atoms with Crippen molar-refractivity contribution in [2.24, 2.45) is 0 Å². The number of aromatic nitrogens is 2. The monoisotopic (exact) mass is 452 g/mol. The number of likely N-dealkylation sites (tertiary alicyclic amines) is 1. The lowest BCUT2D eigenvalue weighted by atomic mass is 10.0. The molecule has 0 saturated carbocycles. The van der Waals surface area contributed by atoms with Gasteiger partial charge in [-0.1, -0.05) is 19.1 Å². The molecular formula is C26H36N4OS. The zero-order valence-electron chi connectivity index (χ0n) is 20.1. The van der Waals surface area contributed by atoms with Gasteiger partial charge in [0.1, 0.15) is 10.8 Å². The van der Waals surface area contributed by atoms with E-state index in [1.807, 2.05) is 0 Å². The Balaban J connectivity index is 1.81. The Morgan fingerprint density at radius 3 is 2.59 bits per heavy atom. The summed E-state index contributed by atoms with van der Waals surface area (Å²) in [4.78, 5) is 5.15. The Morgan fingerprint density at radius 1 is 1.12 bits per heavy atom. The molecule has 1 aromatic carbocycles. The molecule has 0 aliphatic carbocycles. The molecule has 1 aliphatic heterocycles. The minimum atomic E-state index is 0.900.